The maximum absolute atomic E-state index is 13.3. The van der Waals surface area contributed by atoms with Crippen molar-refractivity contribution in [3.63, 3.8) is 0 Å². The molecule has 5 rings (SSSR count). The molecule has 40 heavy (non-hydrogen) atoms. The molecule has 6 heteroatoms. The molecule has 2 fully saturated rings. The number of likely N-dealkylation sites (tertiary alicyclic amines) is 2. The molecule has 0 bridgehead atoms. The first-order chi connectivity index (χ1) is 19.2. The van der Waals surface area contributed by atoms with Crippen molar-refractivity contribution in [2.45, 2.75) is 84.3 Å². The monoisotopic (exact) mass is 539 g/mol. The Morgan fingerprint density at radius 2 is 1.52 bits per heavy atom. The molecule has 2 saturated heterocycles. The zero-order valence-corrected chi connectivity index (χ0v) is 24.9. The summed E-state index contributed by atoms with van der Waals surface area (Å²) in [6.07, 6.45) is 5.84. The molecule has 0 atom stereocenters. The summed E-state index contributed by atoms with van der Waals surface area (Å²) in [7, 11) is 0. The minimum atomic E-state index is 0.0800. The lowest BCUT2D eigenvalue weighted by molar-refractivity contribution is 0.0170. The van der Waals surface area contributed by atoms with Crippen LogP contribution in [-0.4, -0.2) is 63.4 Å². The summed E-state index contributed by atoms with van der Waals surface area (Å²) in [5, 5.41) is 0. The lowest BCUT2D eigenvalue weighted by Gasteiger charge is -2.50. The molecule has 0 spiro atoms. The summed E-state index contributed by atoms with van der Waals surface area (Å²) < 4.78 is 0. The Labute approximate surface area is 240 Å². The molecule has 3 aromatic rings. The number of aryl methyl sites for hydroxylation is 2. The number of amides is 1. The van der Waals surface area contributed by atoms with Crippen LogP contribution in [0.2, 0.25) is 0 Å². The Bertz CT molecular complexity index is 1250. The molecule has 0 aliphatic carbocycles. The molecule has 0 radical (unpaired) electrons. The van der Waals surface area contributed by atoms with E-state index >= 15 is 0 Å². The number of anilines is 1. The van der Waals surface area contributed by atoms with Crippen LogP contribution in [0, 0.1) is 13.8 Å². The van der Waals surface area contributed by atoms with Crippen molar-refractivity contribution in [2.24, 2.45) is 0 Å². The Kier molecular flexibility index (Phi) is 8.55. The van der Waals surface area contributed by atoms with Gasteiger partial charge in [-0.15, -0.1) is 0 Å². The topological polar surface area (TPSA) is 52.6 Å². The van der Waals surface area contributed by atoms with Gasteiger partial charge in [-0.3, -0.25) is 9.69 Å². The molecule has 1 aromatic heterocycles. The van der Waals surface area contributed by atoms with Gasteiger partial charge in [0.05, 0.1) is 17.0 Å². The largest absolute Gasteiger partial charge is 0.364 e. The first kappa shape index (κ1) is 28.3. The van der Waals surface area contributed by atoms with Gasteiger partial charge in [0, 0.05) is 50.0 Å². The second kappa shape index (κ2) is 12.1. The van der Waals surface area contributed by atoms with Crippen molar-refractivity contribution < 1.29 is 4.79 Å². The van der Waals surface area contributed by atoms with Gasteiger partial charge in [-0.1, -0.05) is 56.3 Å². The van der Waals surface area contributed by atoms with Gasteiger partial charge in [-0.2, -0.15) is 0 Å². The first-order valence-electron chi connectivity index (χ1n) is 15.0. The molecular formula is C34H45N5O. The number of nitrogens with zero attached hydrogens (tertiary/aromatic N) is 5. The summed E-state index contributed by atoms with van der Waals surface area (Å²) in [4.78, 5) is 29.2. The van der Waals surface area contributed by atoms with Gasteiger partial charge in [0.2, 0.25) is 0 Å². The van der Waals surface area contributed by atoms with Crippen molar-refractivity contribution in [2.75, 3.05) is 31.1 Å². The maximum atomic E-state index is 13.3. The third kappa shape index (κ3) is 6.07. The Hall–Kier alpha value is -3.25. The van der Waals surface area contributed by atoms with Crippen LogP contribution in [-0.2, 0) is 6.54 Å². The van der Waals surface area contributed by atoms with E-state index in [9.17, 15) is 4.79 Å². The average Bonchev–Trinajstić information content (AvgIpc) is 2.97. The summed E-state index contributed by atoms with van der Waals surface area (Å²) in [5.74, 6) is 0.618. The predicted octanol–water partition coefficient (Wildman–Crippen LogP) is 6.38. The average molecular weight is 540 g/mol. The summed E-state index contributed by atoms with van der Waals surface area (Å²) in [6.45, 7) is 15.4. The number of carbonyl (C=O) groups is 1. The fourth-order valence-corrected chi connectivity index (χ4v) is 6.55. The second-order valence-corrected chi connectivity index (χ2v) is 12.3. The van der Waals surface area contributed by atoms with E-state index in [0.29, 0.717) is 17.5 Å². The van der Waals surface area contributed by atoms with Crippen LogP contribution in [0.1, 0.15) is 85.2 Å². The maximum Gasteiger partial charge on any atom is 0.257 e. The SMILES string of the molecule is Cc1ncnc(C)c1C(=O)N1CCC(C)(N2CCC(N(Cc3ccccc3)c3ccc(C(C)C)cc3)CC2)CC1. The van der Waals surface area contributed by atoms with Crippen molar-refractivity contribution in [1.82, 2.24) is 19.8 Å². The number of piperidine rings is 2. The molecule has 6 nitrogen and oxygen atoms in total. The number of rotatable bonds is 7. The van der Waals surface area contributed by atoms with Gasteiger partial charge in [0.15, 0.2) is 0 Å². The highest BCUT2D eigenvalue weighted by Crippen LogP contribution is 2.34. The van der Waals surface area contributed by atoms with Crippen molar-refractivity contribution in [1.29, 1.82) is 0 Å². The van der Waals surface area contributed by atoms with E-state index in [0.717, 1.165) is 69.8 Å². The fraction of sp³-hybridized carbons (Fsp3) is 0.500. The molecule has 3 heterocycles. The fourth-order valence-electron chi connectivity index (χ4n) is 6.55. The van der Waals surface area contributed by atoms with Gasteiger partial charge in [-0.25, -0.2) is 9.97 Å². The van der Waals surface area contributed by atoms with E-state index < -0.39 is 0 Å². The normalized spacial score (nSPS) is 18.2. The molecule has 1 amide bonds. The van der Waals surface area contributed by atoms with Crippen LogP contribution >= 0.6 is 0 Å². The van der Waals surface area contributed by atoms with Gasteiger partial charge >= 0.3 is 0 Å². The third-order valence-electron chi connectivity index (χ3n) is 9.32. The molecule has 2 aromatic carbocycles. The van der Waals surface area contributed by atoms with Crippen LogP contribution in [0.15, 0.2) is 60.9 Å². The van der Waals surface area contributed by atoms with Crippen molar-refractivity contribution in [3.05, 3.63) is 89.0 Å². The molecule has 0 unspecified atom stereocenters. The highest BCUT2D eigenvalue weighted by atomic mass is 16.2. The van der Waals surface area contributed by atoms with E-state index in [-0.39, 0.29) is 11.4 Å². The van der Waals surface area contributed by atoms with E-state index in [1.165, 1.54) is 16.8 Å². The van der Waals surface area contributed by atoms with Gasteiger partial charge in [0.25, 0.3) is 5.91 Å². The molecule has 0 N–H and O–H groups in total. The standard InChI is InChI=1S/C34H45N5O/c1-25(2)29-11-13-30(14-12-29)39(23-28-9-7-6-8-10-28)31-15-19-38(20-16-31)34(5)17-21-37(22-18-34)33(40)32-26(3)35-24-36-27(32)4/h6-14,24-25,31H,15-23H2,1-5H3. The Morgan fingerprint density at radius 1 is 0.925 bits per heavy atom. The van der Waals surface area contributed by atoms with E-state index in [1.54, 1.807) is 6.33 Å². The molecule has 0 saturated carbocycles. The molecule has 2 aliphatic heterocycles. The Morgan fingerprint density at radius 3 is 2.10 bits per heavy atom. The van der Waals surface area contributed by atoms with Crippen LogP contribution in [0.25, 0.3) is 0 Å². The van der Waals surface area contributed by atoms with Gasteiger partial charge < -0.3 is 9.80 Å². The Balaban J connectivity index is 1.23. The minimum Gasteiger partial charge on any atom is -0.364 e. The van der Waals surface area contributed by atoms with Crippen LogP contribution in [0.4, 0.5) is 5.69 Å². The number of aromatic nitrogens is 2. The zero-order chi connectivity index (χ0) is 28.3. The first-order valence-corrected chi connectivity index (χ1v) is 15.0. The van der Waals surface area contributed by atoms with E-state index in [2.05, 4.69) is 95.1 Å². The lowest BCUT2D eigenvalue weighted by Crippen LogP contribution is -2.58. The second-order valence-electron chi connectivity index (χ2n) is 12.3. The van der Waals surface area contributed by atoms with E-state index in [1.807, 2.05) is 18.7 Å². The number of hydrogen-bond acceptors (Lipinski definition) is 5. The summed E-state index contributed by atoms with van der Waals surface area (Å²) in [6, 6.07) is 20.6. The highest BCUT2D eigenvalue weighted by Gasteiger charge is 2.39. The smallest absolute Gasteiger partial charge is 0.257 e. The highest BCUT2D eigenvalue weighted by molar-refractivity contribution is 5.96. The van der Waals surface area contributed by atoms with Gasteiger partial charge in [0.1, 0.15) is 6.33 Å². The summed E-state index contributed by atoms with van der Waals surface area (Å²) in [5.41, 5.74) is 6.41. The molecule has 212 valence electrons. The van der Waals surface area contributed by atoms with Crippen molar-refractivity contribution >= 4 is 11.6 Å². The van der Waals surface area contributed by atoms with Crippen molar-refractivity contribution in [3.8, 4) is 0 Å². The van der Waals surface area contributed by atoms with Gasteiger partial charge in [-0.05, 0) is 75.6 Å². The zero-order valence-electron chi connectivity index (χ0n) is 24.9. The number of carbonyl (C=O) groups excluding carboxylic acids is 1. The minimum absolute atomic E-state index is 0.0800. The van der Waals surface area contributed by atoms with E-state index in [4.69, 9.17) is 0 Å². The third-order valence-corrected chi connectivity index (χ3v) is 9.32. The number of benzene rings is 2. The lowest BCUT2D eigenvalue weighted by atomic mass is 9.85. The molecule has 2 aliphatic rings. The van der Waals surface area contributed by atoms with Crippen LogP contribution < -0.4 is 4.90 Å². The quantitative estimate of drug-likeness (QED) is 0.349. The number of hydrogen-bond donors (Lipinski definition) is 0. The summed E-state index contributed by atoms with van der Waals surface area (Å²) >= 11 is 0. The molecular weight excluding hydrogens is 494 g/mol. The van der Waals surface area contributed by atoms with Crippen LogP contribution in [0.5, 0.6) is 0 Å². The predicted molar refractivity (Wildman–Crippen MR) is 163 cm³/mol. The van der Waals surface area contributed by atoms with Crippen LogP contribution in [0.3, 0.4) is 0 Å².